The van der Waals surface area contributed by atoms with E-state index >= 15 is 0 Å². The molecule has 0 spiro atoms. The van der Waals surface area contributed by atoms with Gasteiger partial charge >= 0.3 is 7.82 Å². The van der Waals surface area contributed by atoms with Crippen molar-refractivity contribution in [2.75, 3.05) is 13.2 Å². The van der Waals surface area contributed by atoms with Gasteiger partial charge in [-0.25, -0.2) is 4.57 Å². The van der Waals surface area contributed by atoms with Crippen LogP contribution < -0.4 is 0 Å². The Bertz CT molecular complexity index is 265. The molecular weight excluding hydrogens is 383 g/mol. The van der Waals surface area contributed by atoms with Gasteiger partial charge in [0.25, 0.3) is 0 Å². The number of phosphoric ester groups is 1. The molecule has 0 aliphatic heterocycles. The Morgan fingerprint density at radius 2 is 1.23 bits per heavy atom. The van der Waals surface area contributed by atoms with E-state index in [1.165, 1.54) is 0 Å². The van der Waals surface area contributed by atoms with Crippen LogP contribution in [0, 0.1) is 11.8 Å². The van der Waals surface area contributed by atoms with E-state index in [0.29, 0.717) is 25.0 Å². The minimum atomic E-state index is -3.89. The van der Waals surface area contributed by atoms with Gasteiger partial charge in [0.2, 0.25) is 0 Å². The van der Waals surface area contributed by atoms with Gasteiger partial charge < -0.3 is 4.89 Å². The molecule has 4 nitrogen and oxygen atoms in total. The maximum atomic E-state index is 11.9. The van der Waals surface area contributed by atoms with E-state index in [0.717, 1.165) is 51.4 Å². The molecule has 0 rings (SSSR count). The average molecular weight is 418 g/mol. The quantitative estimate of drug-likeness (QED) is 0.297. The van der Waals surface area contributed by atoms with Crippen LogP contribution in [0.25, 0.3) is 0 Å². The summed E-state index contributed by atoms with van der Waals surface area (Å²) in [5.41, 5.74) is 0. The summed E-state index contributed by atoms with van der Waals surface area (Å²) >= 11 is 0. The fraction of sp³-hybridized carbons (Fsp3) is 1.00. The molecular formula is C16H35MoO4P. The fourth-order valence-electron chi connectivity index (χ4n) is 2.23. The van der Waals surface area contributed by atoms with Crippen LogP contribution in [0.3, 0.4) is 0 Å². The molecule has 0 heterocycles. The summed E-state index contributed by atoms with van der Waals surface area (Å²) in [5, 5.41) is 0. The number of rotatable bonds is 14. The van der Waals surface area contributed by atoms with Crippen LogP contribution >= 0.6 is 7.82 Å². The summed E-state index contributed by atoms with van der Waals surface area (Å²) in [5.74, 6) is 0.687. The van der Waals surface area contributed by atoms with Crippen LogP contribution in [0.15, 0.2) is 0 Å². The van der Waals surface area contributed by atoms with E-state index in [-0.39, 0.29) is 21.1 Å². The van der Waals surface area contributed by atoms with Gasteiger partial charge in [-0.3, -0.25) is 9.05 Å². The second kappa shape index (κ2) is 15.3. The molecule has 134 valence electrons. The van der Waals surface area contributed by atoms with Crippen molar-refractivity contribution in [2.45, 2.75) is 79.1 Å². The third kappa shape index (κ3) is 13.3. The Kier molecular flexibility index (Phi) is 17.5. The van der Waals surface area contributed by atoms with Gasteiger partial charge in [-0.15, -0.1) is 0 Å². The van der Waals surface area contributed by atoms with Gasteiger partial charge in [0, 0.05) is 21.1 Å². The van der Waals surface area contributed by atoms with Crippen LogP contribution in [0.5, 0.6) is 0 Å². The second-order valence-corrected chi connectivity index (χ2v) is 7.35. The minimum Gasteiger partial charge on any atom is -0.302 e. The normalized spacial score (nSPS) is 16.6. The molecule has 0 aliphatic rings. The van der Waals surface area contributed by atoms with Crippen molar-refractivity contribution in [3.8, 4) is 0 Å². The molecule has 0 saturated carbocycles. The van der Waals surface area contributed by atoms with Gasteiger partial charge in [-0.2, -0.15) is 0 Å². The summed E-state index contributed by atoms with van der Waals surface area (Å²) in [7, 11) is -3.89. The Morgan fingerprint density at radius 1 is 0.864 bits per heavy atom. The smallest absolute Gasteiger partial charge is 0.302 e. The molecule has 0 aliphatic carbocycles. The zero-order valence-electron chi connectivity index (χ0n) is 14.8. The Balaban J connectivity index is 0. The second-order valence-electron chi connectivity index (χ2n) is 5.89. The molecule has 0 saturated heterocycles. The summed E-state index contributed by atoms with van der Waals surface area (Å²) in [6.07, 6.45) is 8.56. The minimum absolute atomic E-state index is 0. The fourth-order valence-corrected chi connectivity index (χ4v) is 3.11. The summed E-state index contributed by atoms with van der Waals surface area (Å²) in [4.78, 5) is 9.77. The first-order valence-electron chi connectivity index (χ1n) is 8.60. The van der Waals surface area contributed by atoms with Gasteiger partial charge in [0.15, 0.2) is 0 Å². The van der Waals surface area contributed by atoms with Crippen molar-refractivity contribution in [3.63, 3.8) is 0 Å². The zero-order valence-corrected chi connectivity index (χ0v) is 17.7. The first-order chi connectivity index (χ1) is 9.99. The van der Waals surface area contributed by atoms with Crippen LogP contribution in [0.2, 0.25) is 0 Å². The largest absolute Gasteiger partial charge is 0.472 e. The predicted molar refractivity (Wildman–Crippen MR) is 88.3 cm³/mol. The molecule has 0 bridgehead atoms. The van der Waals surface area contributed by atoms with Crippen LogP contribution in [0.4, 0.5) is 0 Å². The molecule has 0 aromatic rings. The van der Waals surface area contributed by atoms with E-state index in [1.807, 2.05) is 0 Å². The predicted octanol–water partition coefficient (Wildman–Crippen LogP) is 5.55. The molecule has 6 heteroatoms. The molecule has 22 heavy (non-hydrogen) atoms. The van der Waals surface area contributed by atoms with Crippen LogP contribution in [-0.2, 0) is 34.7 Å². The van der Waals surface area contributed by atoms with Crippen molar-refractivity contribution < 1.29 is 39.6 Å². The van der Waals surface area contributed by atoms with Crippen molar-refractivity contribution in [2.24, 2.45) is 11.8 Å². The number of unbranched alkanes of at least 4 members (excludes halogenated alkanes) is 2. The van der Waals surface area contributed by atoms with Crippen molar-refractivity contribution in [3.05, 3.63) is 0 Å². The van der Waals surface area contributed by atoms with E-state index in [1.54, 1.807) is 0 Å². The first kappa shape index (κ1) is 25.0. The molecule has 1 N–H and O–H groups in total. The Hall–Kier alpha value is 0.798. The van der Waals surface area contributed by atoms with Crippen molar-refractivity contribution in [1.82, 2.24) is 0 Å². The first-order valence-corrected chi connectivity index (χ1v) is 10.1. The van der Waals surface area contributed by atoms with E-state index in [9.17, 15) is 9.46 Å². The maximum absolute atomic E-state index is 11.9. The Morgan fingerprint density at radius 3 is 1.50 bits per heavy atom. The van der Waals surface area contributed by atoms with Crippen LogP contribution in [-0.4, -0.2) is 18.1 Å². The van der Waals surface area contributed by atoms with Crippen LogP contribution in [0.1, 0.15) is 79.1 Å². The summed E-state index contributed by atoms with van der Waals surface area (Å²) in [6.45, 7) is 9.10. The summed E-state index contributed by atoms with van der Waals surface area (Å²) in [6, 6.07) is 0. The number of phosphoric acid groups is 1. The topological polar surface area (TPSA) is 55.8 Å². The number of hydrogen-bond donors (Lipinski definition) is 1. The molecule has 0 amide bonds. The van der Waals surface area contributed by atoms with E-state index in [4.69, 9.17) is 9.05 Å². The Labute approximate surface area is 151 Å². The monoisotopic (exact) mass is 420 g/mol. The standard InChI is InChI=1S/C16H35O4P.Mo/c1-5-9-11-15(7-3)13-19-21(17,18)20-14-16(8-4)12-10-6-2;/h15-16H,5-14H2,1-4H3,(H,17,18);. The van der Waals surface area contributed by atoms with Gasteiger partial charge in [0.05, 0.1) is 13.2 Å². The van der Waals surface area contributed by atoms with Gasteiger partial charge in [-0.1, -0.05) is 66.2 Å². The third-order valence-corrected chi connectivity index (χ3v) is 4.98. The molecule has 2 atom stereocenters. The summed E-state index contributed by atoms with van der Waals surface area (Å²) < 4.78 is 22.2. The maximum Gasteiger partial charge on any atom is 0.472 e. The molecule has 0 aromatic carbocycles. The van der Waals surface area contributed by atoms with Crippen molar-refractivity contribution >= 4 is 7.82 Å². The molecule has 2 unspecified atom stereocenters. The molecule has 0 radical (unpaired) electrons. The van der Waals surface area contributed by atoms with E-state index in [2.05, 4.69) is 27.7 Å². The average Bonchev–Trinajstić information content (AvgIpc) is 2.47. The van der Waals surface area contributed by atoms with Crippen molar-refractivity contribution in [1.29, 1.82) is 0 Å². The zero-order chi connectivity index (χ0) is 16.1. The molecule has 0 aromatic heterocycles. The van der Waals surface area contributed by atoms with Gasteiger partial charge in [0.1, 0.15) is 0 Å². The number of hydrogen-bond acceptors (Lipinski definition) is 3. The molecule has 0 fully saturated rings. The third-order valence-electron chi connectivity index (χ3n) is 4.03. The SMILES string of the molecule is CCCCC(CC)COP(=O)(O)OCC(CC)CCCC.[Mo]. The van der Waals surface area contributed by atoms with E-state index < -0.39 is 7.82 Å². The van der Waals surface area contributed by atoms with Gasteiger partial charge in [-0.05, 0) is 24.7 Å².